The van der Waals surface area contributed by atoms with E-state index in [-0.39, 0.29) is 0 Å². The molecule has 0 amide bonds. The molecule has 0 atom stereocenters. The van der Waals surface area contributed by atoms with Gasteiger partial charge in [0.1, 0.15) is 0 Å². The quantitative estimate of drug-likeness (QED) is 0.877. The molecule has 94 valence electrons. The monoisotopic (exact) mass is 242 g/mol. The Morgan fingerprint density at radius 2 is 2.00 bits per heavy atom. The highest BCUT2D eigenvalue weighted by Crippen LogP contribution is 2.33. The molecule has 1 aliphatic carbocycles. The molecule has 3 heteroatoms. The van der Waals surface area contributed by atoms with Crippen LogP contribution < -0.4 is 10.5 Å². The third-order valence-corrected chi connectivity index (χ3v) is 3.52. The Kier molecular flexibility index (Phi) is 3.15. The van der Waals surface area contributed by atoms with Crippen LogP contribution in [0, 0.1) is 5.92 Å². The summed E-state index contributed by atoms with van der Waals surface area (Å²) in [5, 5.41) is 2.22. The zero-order valence-electron chi connectivity index (χ0n) is 10.4. The number of rotatable bonds is 5. The summed E-state index contributed by atoms with van der Waals surface area (Å²) in [6.07, 6.45) is 5.71. The smallest absolute Gasteiger partial charge is 0.221 e. The number of aromatic nitrogens is 1. The third kappa shape index (κ3) is 2.31. The van der Waals surface area contributed by atoms with Crippen molar-refractivity contribution in [3.8, 4) is 5.88 Å². The van der Waals surface area contributed by atoms with E-state index in [0.717, 1.165) is 41.2 Å². The lowest BCUT2D eigenvalue weighted by molar-refractivity contribution is 0.295. The Bertz CT molecular complexity index is 549. The van der Waals surface area contributed by atoms with Gasteiger partial charge < -0.3 is 10.5 Å². The molecule has 0 saturated heterocycles. The van der Waals surface area contributed by atoms with E-state index < -0.39 is 0 Å². The molecule has 3 nitrogen and oxygen atoms in total. The van der Waals surface area contributed by atoms with Gasteiger partial charge in [-0.25, -0.2) is 4.98 Å². The predicted molar refractivity (Wildman–Crippen MR) is 72.5 cm³/mol. The van der Waals surface area contributed by atoms with Crippen LogP contribution in [0.1, 0.15) is 24.8 Å². The molecule has 3 rings (SSSR count). The lowest BCUT2D eigenvalue weighted by Crippen LogP contribution is -2.03. The van der Waals surface area contributed by atoms with Crippen molar-refractivity contribution in [1.82, 2.24) is 4.98 Å². The molecular weight excluding hydrogens is 224 g/mol. The van der Waals surface area contributed by atoms with E-state index in [0.29, 0.717) is 6.54 Å². The van der Waals surface area contributed by atoms with Gasteiger partial charge >= 0.3 is 0 Å². The SMILES string of the molecule is NCc1cnc(OCCC2CC2)c2ccccc12. The Morgan fingerprint density at radius 3 is 2.72 bits per heavy atom. The Labute approximate surface area is 107 Å². The first-order chi connectivity index (χ1) is 8.88. The highest BCUT2D eigenvalue weighted by Gasteiger charge is 2.21. The molecule has 1 aromatic heterocycles. The van der Waals surface area contributed by atoms with Gasteiger partial charge in [0.25, 0.3) is 0 Å². The van der Waals surface area contributed by atoms with Crippen molar-refractivity contribution < 1.29 is 4.74 Å². The van der Waals surface area contributed by atoms with E-state index in [9.17, 15) is 0 Å². The molecule has 1 aliphatic rings. The molecule has 1 heterocycles. The topological polar surface area (TPSA) is 48.1 Å². The lowest BCUT2D eigenvalue weighted by atomic mass is 10.1. The fourth-order valence-electron chi connectivity index (χ4n) is 2.23. The van der Waals surface area contributed by atoms with Crippen LogP contribution in [-0.2, 0) is 6.54 Å². The van der Waals surface area contributed by atoms with Crippen LogP contribution in [0.2, 0.25) is 0 Å². The number of ether oxygens (including phenoxy) is 1. The van der Waals surface area contributed by atoms with Crippen LogP contribution in [0.5, 0.6) is 5.88 Å². The summed E-state index contributed by atoms with van der Waals surface area (Å²) >= 11 is 0. The second-order valence-corrected chi connectivity index (χ2v) is 4.92. The average molecular weight is 242 g/mol. The fraction of sp³-hybridized carbons (Fsp3) is 0.400. The van der Waals surface area contributed by atoms with Crippen molar-refractivity contribution in [2.24, 2.45) is 11.7 Å². The Hall–Kier alpha value is -1.61. The zero-order valence-corrected chi connectivity index (χ0v) is 10.4. The summed E-state index contributed by atoms with van der Waals surface area (Å²) in [5.41, 5.74) is 6.80. The largest absolute Gasteiger partial charge is 0.477 e. The minimum Gasteiger partial charge on any atom is -0.477 e. The van der Waals surface area contributed by atoms with Gasteiger partial charge in [0, 0.05) is 18.1 Å². The molecule has 0 spiro atoms. The summed E-state index contributed by atoms with van der Waals surface area (Å²) in [7, 11) is 0. The minimum absolute atomic E-state index is 0.510. The van der Waals surface area contributed by atoms with Gasteiger partial charge in [0.05, 0.1) is 6.61 Å². The normalized spacial score (nSPS) is 14.9. The first-order valence-corrected chi connectivity index (χ1v) is 6.58. The fourth-order valence-corrected chi connectivity index (χ4v) is 2.23. The molecule has 0 radical (unpaired) electrons. The van der Waals surface area contributed by atoms with Gasteiger partial charge in [-0.05, 0) is 29.4 Å². The number of fused-ring (bicyclic) bond motifs is 1. The molecule has 1 saturated carbocycles. The number of pyridine rings is 1. The molecular formula is C15H18N2O. The van der Waals surface area contributed by atoms with E-state index in [1.807, 2.05) is 24.4 Å². The van der Waals surface area contributed by atoms with Gasteiger partial charge in [-0.2, -0.15) is 0 Å². The number of hydrogen-bond donors (Lipinski definition) is 1. The van der Waals surface area contributed by atoms with E-state index >= 15 is 0 Å². The predicted octanol–water partition coefficient (Wildman–Crippen LogP) is 2.87. The Balaban J connectivity index is 1.86. The molecule has 0 unspecified atom stereocenters. The van der Waals surface area contributed by atoms with Crippen molar-refractivity contribution >= 4 is 10.8 Å². The second kappa shape index (κ2) is 4.94. The van der Waals surface area contributed by atoms with Crippen LogP contribution in [0.25, 0.3) is 10.8 Å². The van der Waals surface area contributed by atoms with Crippen LogP contribution in [-0.4, -0.2) is 11.6 Å². The molecule has 1 fully saturated rings. The minimum atomic E-state index is 0.510. The third-order valence-electron chi connectivity index (χ3n) is 3.52. The summed E-state index contributed by atoms with van der Waals surface area (Å²) < 4.78 is 5.82. The number of nitrogens with two attached hydrogens (primary N) is 1. The van der Waals surface area contributed by atoms with Gasteiger partial charge in [0.15, 0.2) is 0 Å². The highest BCUT2D eigenvalue weighted by atomic mass is 16.5. The molecule has 0 bridgehead atoms. The van der Waals surface area contributed by atoms with E-state index in [1.54, 1.807) is 0 Å². The van der Waals surface area contributed by atoms with Crippen molar-refractivity contribution in [3.63, 3.8) is 0 Å². The first-order valence-electron chi connectivity index (χ1n) is 6.58. The maximum atomic E-state index is 5.82. The number of benzene rings is 1. The maximum Gasteiger partial charge on any atom is 0.221 e. The lowest BCUT2D eigenvalue weighted by Gasteiger charge is -2.10. The average Bonchev–Trinajstić information content (AvgIpc) is 3.23. The summed E-state index contributed by atoms with van der Waals surface area (Å²) in [6, 6.07) is 8.16. The molecule has 2 aromatic rings. The Morgan fingerprint density at radius 1 is 1.22 bits per heavy atom. The van der Waals surface area contributed by atoms with Crippen molar-refractivity contribution in [3.05, 3.63) is 36.0 Å². The maximum absolute atomic E-state index is 5.82. The highest BCUT2D eigenvalue weighted by molar-refractivity contribution is 5.89. The molecule has 0 aliphatic heterocycles. The second-order valence-electron chi connectivity index (χ2n) is 4.92. The molecule has 2 N–H and O–H groups in total. The summed E-state index contributed by atoms with van der Waals surface area (Å²) in [4.78, 5) is 4.39. The summed E-state index contributed by atoms with van der Waals surface area (Å²) in [5.74, 6) is 1.63. The van der Waals surface area contributed by atoms with Crippen LogP contribution in [0.15, 0.2) is 30.5 Å². The van der Waals surface area contributed by atoms with Crippen molar-refractivity contribution in [2.75, 3.05) is 6.61 Å². The van der Waals surface area contributed by atoms with Gasteiger partial charge in [-0.3, -0.25) is 0 Å². The van der Waals surface area contributed by atoms with E-state index in [4.69, 9.17) is 10.5 Å². The van der Waals surface area contributed by atoms with Gasteiger partial charge in [-0.15, -0.1) is 0 Å². The van der Waals surface area contributed by atoms with Crippen LogP contribution >= 0.6 is 0 Å². The van der Waals surface area contributed by atoms with Crippen molar-refractivity contribution in [1.29, 1.82) is 0 Å². The van der Waals surface area contributed by atoms with Crippen LogP contribution in [0.3, 0.4) is 0 Å². The summed E-state index contributed by atoms with van der Waals surface area (Å²) in [6.45, 7) is 1.28. The van der Waals surface area contributed by atoms with E-state index in [2.05, 4.69) is 11.1 Å². The zero-order chi connectivity index (χ0) is 12.4. The first kappa shape index (κ1) is 11.5. The molecule has 18 heavy (non-hydrogen) atoms. The van der Waals surface area contributed by atoms with E-state index in [1.165, 1.54) is 12.8 Å². The van der Waals surface area contributed by atoms with Gasteiger partial charge in [0.2, 0.25) is 5.88 Å². The number of hydrogen-bond acceptors (Lipinski definition) is 3. The standard InChI is InChI=1S/C15H18N2O/c16-9-12-10-17-15(18-8-7-11-5-6-11)14-4-2-1-3-13(12)14/h1-4,10-11H,5-9,16H2. The van der Waals surface area contributed by atoms with Gasteiger partial charge in [-0.1, -0.05) is 31.0 Å². The van der Waals surface area contributed by atoms with Crippen molar-refractivity contribution in [2.45, 2.75) is 25.8 Å². The number of nitrogens with zero attached hydrogens (tertiary/aromatic N) is 1. The molecule has 1 aromatic carbocycles. The van der Waals surface area contributed by atoms with Crippen LogP contribution in [0.4, 0.5) is 0 Å².